The van der Waals surface area contributed by atoms with E-state index in [1.54, 1.807) is 0 Å². The van der Waals surface area contributed by atoms with Gasteiger partial charge in [-0.25, -0.2) is 9.59 Å². The Kier molecular flexibility index (Phi) is 4.74. The molecule has 1 aromatic rings. The first-order chi connectivity index (χ1) is 8.52. The number of benzene rings is 1. The average molecular weight is 252 g/mol. The smallest absolute Gasteiger partial charge is 0.344 e. The molecule has 6 heteroatoms. The van der Waals surface area contributed by atoms with Crippen LogP contribution >= 0.6 is 0 Å². The van der Waals surface area contributed by atoms with E-state index >= 15 is 0 Å². The molecule has 0 saturated carbocycles. The molecule has 0 amide bonds. The summed E-state index contributed by atoms with van der Waals surface area (Å²) in [5, 5.41) is 18.3. The summed E-state index contributed by atoms with van der Waals surface area (Å²) in [6.45, 7) is -0.458. The van der Waals surface area contributed by atoms with E-state index in [-0.39, 0.29) is 11.5 Å². The van der Waals surface area contributed by atoms with E-state index in [0.29, 0.717) is 5.56 Å². The van der Waals surface area contributed by atoms with E-state index in [0.717, 1.165) is 6.08 Å². The van der Waals surface area contributed by atoms with E-state index in [1.807, 2.05) is 0 Å². The third-order valence-electron chi connectivity index (χ3n) is 1.97. The zero-order chi connectivity index (χ0) is 13.5. The Morgan fingerprint density at radius 1 is 1.28 bits per heavy atom. The molecule has 0 atom stereocenters. The third kappa shape index (κ3) is 4.17. The topological polar surface area (TPSA) is 93.1 Å². The molecule has 0 bridgehead atoms. The SMILES string of the molecule is COC(=O)COC(=O)C=Cc1ccc(O)c(O)c1. The van der Waals surface area contributed by atoms with Gasteiger partial charge in [-0.3, -0.25) is 0 Å². The Morgan fingerprint density at radius 2 is 2.00 bits per heavy atom. The van der Waals surface area contributed by atoms with Crippen LogP contribution in [0, 0.1) is 0 Å². The molecule has 0 spiro atoms. The zero-order valence-electron chi connectivity index (χ0n) is 9.62. The molecule has 0 heterocycles. The van der Waals surface area contributed by atoms with Crippen molar-refractivity contribution in [3.8, 4) is 11.5 Å². The maximum Gasteiger partial charge on any atom is 0.344 e. The predicted octanol–water partition coefficient (Wildman–Crippen LogP) is 0.827. The highest BCUT2D eigenvalue weighted by atomic mass is 16.6. The van der Waals surface area contributed by atoms with Crippen molar-refractivity contribution in [1.29, 1.82) is 0 Å². The Hall–Kier alpha value is -2.50. The van der Waals surface area contributed by atoms with Crippen molar-refractivity contribution in [3.05, 3.63) is 29.8 Å². The van der Waals surface area contributed by atoms with Gasteiger partial charge in [0.2, 0.25) is 0 Å². The number of carbonyl (C=O) groups is 2. The average Bonchev–Trinajstić information content (AvgIpc) is 2.37. The lowest BCUT2D eigenvalue weighted by atomic mass is 10.2. The highest BCUT2D eigenvalue weighted by Gasteiger charge is 2.04. The van der Waals surface area contributed by atoms with Crippen molar-refractivity contribution < 1.29 is 29.3 Å². The molecule has 0 fully saturated rings. The van der Waals surface area contributed by atoms with Gasteiger partial charge in [0.1, 0.15) is 0 Å². The van der Waals surface area contributed by atoms with E-state index in [2.05, 4.69) is 9.47 Å². The van der Waals surface area contributed by atoms with Crippen LogP contribution in [0.5, 0.6) is 11.5 Å². The summed E-state index contributed by atoms with van der Waals surface area (Å²) in [5.74, 6) is -1.91. The lowest BCUT2D eigenvalue weighted by Gasteiger charge is -2.00. The van der Waals surface area contributed by atoms with Gasteiger partial charge in [0.15, 0.2) is 18.1 Å². The fraction of sp³-hybridized carbons (Fsp3) is 0.167. The Bertz CT molecular complexity index is 477. The van der Waals surface area contributed by atoms with Crippen LogP contribution in [0.15, 0.2) is 24.3 Å². The van der Waals surface area contributed by atoms with Gasteiger partial charge < -0.3 is 19.7 Å². The first-order valence-electron chi connectivity index (χ1n) is 4.96. The zero-order valence-corrected chi connectivity index (χ0v) is 9.62. The molecule has 0 aliphatic heterocycles. The van der Waals surface area contributed by atoms with Crippen LogP contribution in [-0.2, 0) is 19.1 Å². The number of aromatic hydroxyl groups is 2. The van der Waals surface area contributed by atoms with Crippen molar-refractivity contribution in [2.45, 2.75) is 0 Å². The molecule has 0 aliphatic carbocycles. The minimum absolute atomic E-state index is 0.250. The van der Waals surface area contributed by atoms with E-state index in [9.17, 15) is 14.7 Å². The first kappa shape index (κ1) is 13.6. The van der Waals surface area contributed by atoms with Crippen LogP contribution in [0.3, 0.4) is 0 Å². The van der Waals surface area contributed by atoms with Crippen LogP contribution in [0.4, 0.5) is 0 Å². The lowest BCUT2D eigenvalue weighted by molar-refractivity contribution is -0.154. The van der Waals surface area contributed by atoms with Crippen molar-refractivity contribution >= 4 is 18.0 Å². The standard InChI is InChI=1S/C12H12O6/c1-17-12(16)7-18-11(15)5-3-8-2-4-9(13)10(14)6-8/h2-6,13-14H,7H2,1H3. The largest absolute Gasteiger partial charge is 0.504 e. The maximum absolute atomic E-state index is 11.2. The van der Waals surface area contributed by atoms with Crippen LogP contribution in [0.25, 0.3) is 6.08 Å². The normalized spacial score (nSPS) is 10.3. The number of phenolic OH excluding ortho intramolecular Hbond substituents is 2. The summed E-state index contributed by atoms with van der Waals surface area (Å²) in [6.07, 6.45) is 2.47. The van der Waals surface area contributed by atoms with E-state index in [4.69, 9.17) is 5.11 Å². The summed E-state index contributed by atoms with van der Waals surface area (Å²) in [4.78, 5) is 21.8. The van der Waals surface area contributed by atoms with Crippen LogP contribution in [0.1, 0.15) is 5.56 Å². The number of hydrogen-bond donors (Lipinski definition) is 2. The molecule has 0 radical (unpaired) electrons. The van der Waals surface area contributed by atoms with E-state index in [1.165, 1.54) is 31.4 Å². The van der Waals surface area contributed by atoms with Gasteiger partial charge in [-0.05, 0) is 23.8 Å². The van der Waals surface area contributed by atoms with Crippen LogP contribution in [0.2, 0.25) is 0 Å². The van der Waals surface area contributed by atoms with E-state index < -0.39 is 18.5 Å². The van der Waals surface area contributed by atoms with Gasteiger partial charge in [-0.1, -0.05) is 6.07 Å². The number of methoxy groups -OCH3 is 1. The second kappa shape index (κ2) is 6.29. The second-order valence-corrected chi connectivity index (χ2v) is 3.27. The highest BCUT2D eigenvalue weighted by Crippen LogP contribution is 2.25. The summed E-state index contributed by atoms with van der Waals surface area (Å²) < 4.78 is 8.85. The molecule has 2 N–H and O–H groups in total. The predicted molar refractivity (Wildman–Crippen MR) is 61.8 cm³/mol. The molecule has 18 heavy (non-hydrogen) atoms. The van der Waals surface area contributed by atoms with Gasteiger partial charge in [-0.2, -0.15) is 0 Å². The summed E-state index contributed by atoms with van der Waals surface area (Å²) in [6, 6.07) is 4.06. The van der Waals surface area contributed by atoms with Crippen LogP contribution < -0.4 is 0 Å². The van der Waals surface area contributed by atoms with Gasteiger partial charge in [0.05, 0.1) is 7.11 Å². The number of hydrogen-bond acceptors (Lipinski definition) is 6. The molecule has 1 rings (SSSR count). The number of ether oxygens (including phenoxy) is 2. The Balaban J connectivity index is 2.55. The molecular weight excluding hydrogens is 240 g/mol. The summed E-state index contributed by atoms with van der Waals surface area (Å²) >= 11 is 0. The molecule has 96 valence electrons. The number of rotatable bonds is 4. The lowest BCUT2D eigenvalue weighted by Crippen LogP contribution is -2.13. The minimum Gasteiger partial charge on any atom is -0.504 e. The van der Waals surface area contributed by atoms with Gasteiger partial charge >= 0.3 is 11.9 Å². The van der Waals surface area contributed by atoms with Crippen molar-refractivity contribution in [1.82, 2.24) is 0 Å². The molecule has 1 aromatic carbocycles. The van der Waals surface area contributed by atoms with Gasteiger partial charge in [0.25, 0.3) is 0 Å². The number of carbonyl (C=O) groups excluding carboxylic acids is 2. The van der Waals surface area contributed by atoms with Gasteiger partial charge in [-0.15, -0.1) is 0 Å². The Labute approximate surface area is 103 Å². The third-order valence-corrected chi connectivity index (χ3v) is 1.97. The summed E-state index contributed by atoms with van der Waals surface area (Å²) in [7, 11) is 1.19. The second-order valence-electron chi connectivity index (χ2n) is 3.27. The molecule has 0 aliphatic rings. The van der Waals surface area contributed by atoms with Crippen molar-refractivity contribution in [2.24, 2.45) is 0 Å². The number of phenols is 2. The van der Waals surface area contributed by atoms with Crippen molar-refractivity contribution in [3.63, 3.8) is 0 Å². The Morgan fingerprint density at radius 3 is 2.61 bits per heavy atom. The fourth-order valence-corrected chi connectivity index (χ4v) is 1.05. The number of esters is 2. The summed E-state index contributed by atoms with van der Waals surface area (Å²) in [5.41, 5.74) is 0.500. The molecule has 0 saturated heterocycles. The maximum atomic E-state index is 11.2. The quantitative estimate of drug-likeness (QED) is 0.468. The first-order valence-corrected chi connectivity index (χ1v) is 4.96. The monoisotopic (exact) mass is 252 g/mol. The molecule has 6 nitrogen and oxygen atoms in total. The van der Waals surface area contributed by atoms with Gasteiger partial charge in [0, 0.05) is 6.08 Å². The molecule has 0 aromatic heterocycles. The fourth-order valence-electron chi connectivity index (χ4n) is 1.05. The molecule has 0 unspecified atom stereocenters. The highest BCUT2D eigenvalue weighted by molar-refractivity contribution is 5.88. The van der Waals surface area contributed by atoms with Crippen molar-refractivity contribution in [2.75, 3.05) is 13.7 Å². The van der Waals surface area contributed by atoms with Crippen LogP contribution in [-0.4, -0.2) is 35.9 Å². The molecular formula is C12H12O6. The minimum atomic E-state index is -0.715.